The van der Waals surface area contributed by atoms with Crippen molar-refractivity contribution in [1.82, 2.24) is 14.1 Å². The van der Waals surface area contributed by atoms with Gasteiger partial charge in [0.05, 0.1) is 21.4 Å². The third-order valence-electron chi connectivity index (χ3n) is 5.09. The largest absolute Gasteiger partial charge is 0.352 e. The lowest BCUT2D eigenvalue weighted by Crippen LogP contribution is -2.36. The molecule has 148 valence electrons. The van der Waals surface area contributed by atoms with Gasteiger partial charge in [0.2, 0.25) is 0 Å². The number of hydrogen-bond acceptors (Lipinski definition) is 5. The topological polar surface area (TPSA) is 100 Å². The second-order valence-corrected chi connectivity index (χ2v) is 7.03. The zero-order chi connectivity index (χ0) is 20.3. The van der Waals surface area contributed by atoms with Crippen LogP contribution in [0.25, 0.3) is 22.3 Å². The molecule has 3 rings (SSSR count). The van der Waals surface area contributed by atoms with Crippen LogP contribution in [0, 0.1) is 10.1 Å². The first-order valence-corrected chi connectivity index (χ1v) is 9.63. The highest BCUT2D eigenvalue weighted by molar-refractivity contribution is 5.92. The molecule has 0 fully saturated rings. The summed E-state index contributed by atoms with van der Waals surface area (Å²) in [5.41, 5.74) is -0.361. The first-order valence-electron chi connectivity index (χ1n) is 9.63. The summed E-state index contributed by atoms with van der Waals surface area (Å²) in [4.78, 5) is 39.8. The first kappa shape index (κ1) is 19.7. The van der Waals surface area contributed by atoms with E-state index in [1.54, 1.807) is 16.7 Å². The van der Waals surface area contributed by atoms with Crippen molar-refractivity contribution < 1.29 is 4.92 Å². The Morgan fingerprint density at radius 2 is 1.82 bits per heavy atom. The number of nitro benzene ring substituents is 1. The summed E-state index contributed by atoms with van der Waals surface area (Å²) < 4.78 is 2.71. The number of rotatable bonds is 8. The fourth-order valence-electron chi connectivity index (χ4n) is 3.54. The van der Waals surface area contributed by atoms with Crippen molar-refractivity contribution in [2.45, 2.75) is 52.0 Å². The number of benzene rings is 1. The number of aromatic nitrogens is 3. The van der Waals surface area contributed by atoms with E-state index in [0.717, 1.165) is 23.8 Å². The van der Waals surface area contributed by atoms with Gasteiger partial charge in [-0.15, -0.1) is 0 Å². The van der Waals surface area contributed by atoms with Crippen molar-refractivity contribution in [2.24, 2.45) is 7.05 Å². The molecule has 0 unspecified atom stereocenters. The molecule has 8 heteroatoms. The molecule has 1 aromatic rings. The van der Waals surface area contributed by atoms with Crippen molar-refractivity contribution in [3.05, 3.63) is 55.2 Å². The zero-order valence-electron chi connectivity index (χ0n) is 16.2. The van der Waals surface area contributed by atoms with Crippen LogP contribution in [0.2, 0.25) is 0 Å². The van der Waals surface area contributed by atoms with Gasteiger partial charge >= 0.3 is 5.69 Å². The van der Waals surface area contributed by atoms with Crippen LogP contribution in [0.4, 0.5) is 5.69 Å². The standard InChI is InChI=1S/C20H24N4O4/c1-3-4-5-6-7-8-12-23-16-10-9-11-17(24(27)28)14(16)13-15-18(23)21-20(26)22(2)19(15)25/h9-11,13H,3-8,12H2,1-2H3. The molecular formula is C20H24N4O4. The molecule has 1 aromatic carbocycles. The quantitative estimate of drug-likeness (QED) is 0.256. The summed E-state index contributed by atoms with van der Waals surface area (Å²) >= 11 is 0. The van der Waals surface area contributed by atoms with E-state index in [9.17, 15) is 19.7 Å². The molecule has 28 heavy (non-hydrogen) atoms. The van der Waals surface area contributed by atoms with Crippen LogP contribution in [0.1, 0.15) is 45.4 Å². The van der Waals surface area contributed by atoms with Crippen molar-refractivity contribution >= 4 is 16.6 Å². The fourth-order valence-corrected chi connectivity index (χ4v) is 3.54. The van der Waals surface area contributed by atoms with Gasteiger partial charge in [0.15, 0.2) is 5.82 Å². The van der Waals surface area contributed by atoms with Gasteiger partial charge in [-0.25, -0.2) is 4.79 Å². The van der Waals surface area contributed by atoms with Gasteiger partial charge in [-0.2, -0.15) is 4.98 Å². The van der Waals surface area contributed by atoms with Gasteiger partial charge < -0.3 is 4.57 Å². The molecule has 0 radical (unpaired) electrons. The van der Waals surface area contributed by atoms with E-state index in [1.165, 1.54) is 38.4 Å². The van der Waals surface area contributed by atoms with Gasteiger partial charge in [0.1, 0.15) is 0 Å². The highest BCUT2D eigenvalue weighted by Crippen LogP contribution is 2.31. The summed E-state index contributed by atoms with van der Waals surface area (Å²) in [6, 6.07) is 6.28. The summed E-state index contributed by atoms with van der Waals surface area (Å²) in [7, 11) is 1.36. The van der Waals surface area contributed by atoms with Gasteiger partial charge in [0.25, 0.3) is 11.2 Å². The van der Waals surface area contributed by atoms with Crippen molar-refractivity contribution in [3.63, 3.8) is 0 Å². The van der Waals surface area contributed by atoms with E-state index in [0.29, 0.717) is 17.4 Å². The Morgan fingerprint density at radius 1 is 1.11 bits per heavy atom. The number of pyridine rings is 1. The van der Waals surface area contributed by atoms with Crippen LogP contribution in [0.3, 0.4) is 0 Å². The van der Waals surface area contributed by atoms with Crippen LogP contribution in [-0.2, 0) is 13.6 Å². The van der Waals surface area contributed by atoms with Crippen LogP contribution >= 0.6 is 0 Å². The molecule has 0 atom stereocenters. The number of nitrogens with zero attached hydrogens (tertiary/aromatic N) is 4. The van der Waals surface area contributed by atoms with E-state index >= 15 is 0 Å². The molecule has 0 aromatic heterocycles. The SMILES string of the molecule is CCCCCCCCn1c2nc(=O)n(C)c(=O)c-2cc2c([N+](=O)[O-])cccc21. The van der Waals surface area contributed by atoms with E-state index < -0.39 is 16.2 Å². The Kier molecular flexibility index (Phi) is 5.87. The molecule has 2 heterocycles. The summed E-state index contributed by atoms with van der Waals surface area (Å²) in [5.74, 6) is 0.287. The van der Waals surface area contributed by atoms with Gasteiger partial charge in [-0.05, 0) is 18.6 Å². The normalized spacial score (nSPS) is 11.4. The van der Waals surface area contributed by atoms with Crippen molar-refractivity contribution in [2.75, 3.05) is 0 Å². The highest BCUT2D eigenvalue weighted by Gasteiger charge is 2.22. The summed E-state index contributed by atoms with van der Waals surface area (Å²) in [6.45, 7) is 2.71. The number of hydrogen-bond donors (Lipinski definition) is 0. The smallest absolute Gasteiger partial charge is 0.325 e. The van der Waals surface area contributed by atoms with Crippen molar-refractivity contribution in [1.29, 1.82) is 0 Å². The maximum absolute atomic E-state index is 12.6. The molecular weight excluding hydrogens is 360 g/mol. The van der Waals surface area contributed by atoms with E-state index in [-0.39, 0.29) is 17.1 Å². The van der Waals surface area contributed by atoms with Crippen LogP contribution in [0.15, 0.2) is 33.9 Å². The minimum absolute atomic E-state index is 0.0654. The summed E-state index contributed by atoms with van der Waals surface area (Å²) in [6.07, 6.45) is 6.51. The molecule has 0 amide bonds. The van der Waals surface area contributed by atoms with Crippen LogP contribution in [-0.4, -0.2) is 19.0 Å². The maximum atomic E-state index is 12.6. The van der Waals surface area contributed by atoms with Crippen LogP contribution in [0.5, 0.6) is 0 Å². The van der Waals surface area contributed by atoms with Gasteiger partial charge in [-0.3, -0.25) is 19.5 Å². The molecule has 2 aliphatic heterocycles. The van der Waals surface area contributed by atoms with E-state index in [2.05, 4.69) is 11.9 Å². The minimum atomic E-state index is -0.626. The Bertz CT molecular complexity index is 1100. The number of aryl methyl sites for hydroxylation is 1. The third-order valence-corrected chi connectivity index (χ3v) is 5.09. The van der Waals surface area contributed by atoms with Gasteiger partial charge in [0, 0.05) is 19.7 Å². The fraction of sp³-hybridized carbons (Fsp3) is 0.450. The molecule has 0 bridgehead atoms. The second-order valence-electron chi connectivity index (χ2n) is 7.03. The Labute approximate surface area is 161 Å². The Morgan fingerprint density at radius 3 is 2.54 bits per heavy atom. The zero-order valence-corrected chi connectivity index (χ0v) is 16.2. The van der Waals surface area contributed by atoms with E-state index in [1.807, 2.05) is 0 Å². The number of nitro groups is 1. The maximum Gasteiger partial charge on any atom is 0.352 e. The molecule has 2 aliphatic rings. The predicted octanol–water partition coefficient (Wildman–Crippen LogP) is 3.47. The monoisotopic (exact) mass is 384 g/mol. The molecule has 0 saturated carbocycles. The number of fused-ring (bicyclic) bond motifs is 2. The summed E-state index contributed by atoms with van der Waals surface area (Å²) in [5, 5.41) is 11.9. The second kappa shape index (κ2) is 8.33. The number of unbranched alkanes of at least 4 members (excludes halogenated alkanes) is 5. The van der Waals surface area contributed by atoms with Crippen LogP contribution < -0.4 is 11.2 Å². The lowest BCUT2D eigenvalue weighted by molar-refractivity contribution is -0.383. The molecule has 0 saturated heterocycles. The minimum Gasteiger partial charge on any atom is -0.325 e. The third kappa shape index (κ3) is 3.67. The van der Waals surface area contributed by atoms with Gasteiger partial charge in [-0.1, -0.05) is 45.1 Å². The molecule has 0 aliphatic carbocycles. The molecule has 0 N–H and O–H groups in total. The lowest BCUT2D eigenvalue weighted by atomic mass is 10.1. The Balaban J connectivity index is 2.14. The Hall–Kier alpha value is -3.03. The molecule has 0 spiro atoms. The predicted molar refractivity (Wildman–Crippen MR) is 108 cm³/mol. The lowest BCUT2D eigenvalue weighted by Gasteiger charge is -2.18. The average molecular weight is 384 g/mol. The average Bonchev–Trinajstić information content (AvgIpc) is 2.68. The van der Waals surface area contributed by atoms with E-state index in [4.69, 9.17) is 0 Å². The van der Waals surface area contributed by atoms with Crippen molar-refractivity contribution in [3.8, 4) is 11.4 Å². The highest BCUT2D eigenvalue weighted by atomic mass is 16.6. The number of non-ortho nitro benzene ring substituents is 1. The molecule has 8 nitrogen and oxygen atoms in total. The first-order chi connectivity index (χ1) is 13.5.